The van der Waals surface area contributed by atoms with Crippen LogP contribution in [-0.4, -0.2) is 0 Å². The molecule has 0 unspecified atom stereocenters. The van der Waals surface area contributed by atoms with E-state index in [1.54, 1.807) is 23.9 Å². The smallest absolute Gasteiger partial charge is 0.140 e. The fourth-order valence-electron chi connectivity index (χ4n) is 1.52. The third-order valence-electron chi connectivity index (χ3n) is 2.46. The lowest BCUT2D eigenvalue weighted by molar-refractivity contribution is 0.623. The Balaban J connectivity index is 2.12. The number of nitrogens with two attached hydrogens (primary N) is 1. The Morgan fingerprint density at radius 2 is 2.00 bits per heavy atom. The van der Waals surface area contributed by atoms with Gasteiger partial charge in [0.1, 0.15) is 11.9 Å². The minimum atomic E-state index is -0.481. The molecule has 0 aliphatic carbocycles. The molecule has 4 heteroatoms. The van der Waals surface area contributed by atoms with Gasteiger partial charge in [0, 0.05) is 16.3 Å². The molecule has 0 aliphatic heterocycles. The molecule has 2 rings (SSSR count). The van der Waals surface area contributed by atoms with Crippen molar-refractivity contribution in [3.63, 3.8) is 0 Å². The molecule has 0 aromatic heterocycles. The first-order chi connectivity index (χ1) is 8.70. The molecule has 0 bridgehead atoms. The van der Waals surface area contributed by atoms with E-state index in [0.717, 1.165) is 16.1 Å². The van der Waals surface area contributed by atoms with Crippen LogP contribution >= 0.6 is 11.8 Å². The Kier molecular flexibility index (Phi) is 3.85. The van der Waals surface area contributed by atoms with Crippen molar-refractivity contribution < 1.29 is 4.39 Å². The summed E-state index contributed by atoms with van der Waals surface area (Å²) in [6, 6.07) is 14.0. The predicted octanol–water partition coefficient (Wildman–Crippen LogP) is 3.57. The predicted molar refractivity (Wildman–Crippen MR) is 71.5 cm³/mol. The first-order valence-corrected chi connectivity index (χ1v) is 6.35. The van der Waals surface area contributed by atoms with Gasteiger partial charge in [0.25, 0.3) is 0 Å². The number of rotatable bonds is 3. The van der Waals surface area contributed by atoms with Crippen molar-refractivity contribution in [3.05, 3.63) is 59.4 Å². The van der Waals surface area contributed by atoms with Crippen molar-refractivity contribution in [3.8, 4) is 6.07 Å². The van der Waals surface area contributed by atoms with Crippen LogP contribution in [0.15, 0.2) is 47.4 Å². The number of benzene rings is 2. The van der Waals surface area contributed by atoms with Crippen LogP contribution in [0.2, 0.25) is 0 Å². The summed E-state index contributed by atoms with van der Waals surface area (Å²) in [4.78, 5) is 0.986. The highest BCUT2D eigenvalue weighted by atomic mass is 32.2. The zero-order valence-corrected chi connectivity index (χ0v) is 10.4. The standard InChI is InChI=1S/C14H11FN2S/c15-12-6-5-10(7-11(12)8-16)9-18-14-4-2-1-3-13(14)17/h1-7H,9,17H2. The summed E-state index contributed by atoms with van der Waals surface area (Å²) in [5, 5.41) is 8.76. The molecule has 0 amide bonds. The number of para-hydroxylation sites is 1. The normalized spacial score (nSPS) is 10.0. The molecule has 18 heavy (non-hydrogen) atoms. The van der Waals surface area contributed by atoms with Crippen LogP contribution < -0.4 is 5.73 Å². The molecule has 2 aromatic rings. The first-order valence-electron chi connectivity index (χ1n) is 5.36. The lowest BCUT2D eigenvalue weighted by Crippen LogP contribution is -1.90. The molecule has 0 heterocycles. The Morgan fingerprint density at radius 1 is 1.22 bits per heavy atom. The molecule has 2 aromatic carbocycles. The van der Waals surface area contributed by atoms with Gasteiger partial charge in [-0.15, -0.1) is 11.8 Å². The van der Waals surface area contributed by atoms with Gasteiger partial charge in [-0.1, -0.05) is 18.2 Å². The second-order valence-electron chi connectivity index (χ2n) is 3.75. The Labute approximate surface area is 109 Å². The van der Waals surface area contributed by atoms with Gasteiger partial charge >= 0.3 is 0 Å². The number of thioether (sulfide) groups is 1. The summed E-state index contributed by atoms with van der Waals surface area (Å²) in [7, 11) is 0. The zero-order valence-electron chi connectivity index (χ0n) is 9.56. The number of nitriles is 1. The van der Waals surface area contributed by atoms with Gasteiger partial charge in [-0.05, 0) is 29.8 Å². The summed E-state index contributed by atoms with van der Waals surface area (Å²) >= 11 is 1.57. The highest BCUT2D eigenvalue weighted by Crippen LogP contribution is 2.28. The van der Waals surface area contributed by atoms with E-state index < -0.39 is 5.82 Å². The largest absolute Gasteiger partial charge is 0.398 e. The molecule has 0 saturated carbocycles. The lowest BCUT2D eigenvalue weighted by atomic mass is 10.1. The molecule has 2 N–H and O–H groups in total. The third-order valence-corrected chi connectivity index (χ3v) is 3.63. The second-order valence-corrected chi connectivity index (χ2v) is 4.77. The maximum absolute atomic E-state index is 13.1. The van der Waals surface area contributed by atoms with Gasteiger partial charge < -0.3 is 5.73 Å². The molecule has 0 radical (unpaired) electrons. The van der Waals surface area contributed by atoms with Crippen molar-refractivity contribution in [1.82, 2.24) is 0 Å². The molecule has 90 valence electrons. The van der Waals surface area contributed by atoms with Crippen LogP contribution in [0.5, 0.6) is 0 Å². The van der Waals surface area contributed by atoms with Gasteiger partial charge in [0.15, 0.2) is 0 Å². The summed E-state index contributed by atoms with van der Waals surface area (Å²) in [6.07, 6.45) is 0. The highest BCUT2D eigenvalue weighted by Gasteiger charge is 2.04. The van der Waals surface area contributed by atoms with Crippen LogP contribution in [0.25, 0.3) is 0 Å². The maximum atomic E-state index is 13.1. The minimum Gasteiger partial charge on any atom is -0.398 e. The van der Waals surface area contributed by atoms with Crippen molar-refractivity contribution >= 4 is 17.4 Å². The van der Waals surface area contributed by atoms with Crippen LogP contribution in [0.1, 0.15) is 11.1 Å². The SMILES string of the molecule is N#Cc1cc(CSc2ccccc2N)ccc1F. The van der Waals surface area contributed by atoms with E-state index in [9.17, 15) is 4.39 Å². The summed E-state index contributed by atoms with van der Waals surface area (Å²) in [5.41, 5.74) is 7.54. The number of hydrogen-bond donors (Lipinski definition) is 1. The van der Waals surface area contributed by atoms with E-state index in [1.807, 2.05) is 30.3 Å². The molecule has 0 spiro atoms. The molecule has 0 saturated heterocycles. The average molecular weight is 258 g/mol. The van der Waals surface area contributed by atoms with E-state index >= 15 is 0 Å². The first kappa shape index (κ1) is 12.5. The zero-order chi connectivity index (χ0) is 13.0. The monoisotopic (exact) mass is 258 g/mol. The number of nitrogen functional groups attached to an aromatic ring is 1. The fourth-order valence-corrected chi connectivity index (χ4v) is 2.43. The number of anilines is 1. The number of hydrogen-bond acceptors (Lipinski definition) is 3. The summed E-state index contributed by atoms with van der Waals surface area (Å²) in [5.74, 6) is 0.175. The molecular formula is C14H11FN2S. The Hall–Kier alpha value is -1.99. The lowest BCUT2D eigenvalue weighted by Gasteiger charge is -2.05. The van der Waals surface area contributed by atoms with Crippen LogP contribution in [0, 0.1) is 17.1 Å². The van der Waals surface area contributed by atoms with Crippen LogP contribution in [-0.2, 0) is 5.75 Å². The molecular weight excluding hydrogens is 247 g/mol. The van der Waals surface area contributed by atoms with E-state index in [0.29, 0.717) is 5.75 Å². The summed E-state index contributed by atoms with van der Waals surface area (Å²) in [6.45, 7) is 0. The van der Waals surface area contributed by atoms with Gasteiger partial charge in [-0.3, -0.25) is 0 Å². The Morgan fingerprint density at radius 3 is 2.72 bits per heavy atom. The van der Waals surface area contributed by atoms with Gasteiger partial charge in [-0.25, -0.2) is 4.39 Å². The molecule has 0 fully saturated rings. The fraction of sp³-hybridized carbons (Fsp3) is 0.0714. The van der Waals surface area contributed by atoms with Crippen molar-refractivity contribution in [2.75, 3.05) is 5.73 Å². The molecule has 0 atom stereocenters. The van der Waals surface area contributed by atoms with Crippen LogP contribution in [0.4, 0.5) is 10.1 Å². The van der Waals surface area contributed by atoms with Gasteiger partial charge in [0.05, 0.1) is 5.56 Å². The molecule has 2 nitrogen and oxygen atoms in total. The summed E-state index contributed by atoms with van der Waals surface area (Å²) < 4.78 is 13.1. The quantitative estimate of drug-likeness (QED) is 0.676. The maximum Gasteiger partial charge on any atom is 0.140 e. The number of halogens is 1. The van der Waals surface area contributed by atoms with Gasteiger partial charge in [-0.2, -0.15) is 5.26 Å². The van der Waals surface area contributed by atoms with Crippen LogP contribution in [0.3, 0.4) is 0 Å². The van der Waals surface area contributed by atoms with Crippen molar-refractivity contribution in [2.45, 2.75) is 10.6 Å². The van der Waals surface area contributed by atoms with E-state index in [-0.39, 0.29) is 5.56 Å². The van der Waals surface area contributed by atoms with E-state index in [4.69, 9.17) is 11.0 Å². The topological polar surface area (TPSA) is 49.8 Å². The Bertz CT molecular complexity index is 605. The van der Waals surface area contributed by atoms with Crippen molar-refractivity contribution in [1.29, 1.82) is 5.26 Å². The van der Waals surface area contributed by atoms with Crippen molar-refractivity contribution in [2.24, 2.45) is 0 Å². The number of nitrogens with zero attached hydrogens (tertiary/aromatic N) is 1. The third kappa shape index (κ3) is 2.82. The average Bonchev–Trinajstić information content (AvgIpc) is 2.39. The van der Waals surface area contributed by atoms with E-state index in [2.05, 4.69) is 0 Å². The molecule has 0 aliphatic rings. The minimum absolute atomic E-state index is 0.0779. The second kappa shape index (κ2) is 5.56. The highest BCUT2D eigenvalue weighted by molar-refractivity contribution is 7.98. The van der Waals surface area contributed by atoms with Gasteiger partial charge in [0.2, 0.25) is 0 Å². The van der Waals surface area contributed by atoms with E-state index in [1.165, 1.54) is 6.07 Å².